The van der Waals surface area contributed by atoms with E-state index in [4.69, 9.17) is 5.26 Å². The van der Waals surface area contributed by atoms with Crippen LogP contribution in [0.2, 0.25) is 0 Å². The van der Waals surface area contributed by atoms with Crippen molar-refractivity contribution in [3.63, 3.8) is 0 Å². The Hall–Kier alpha value is -1.55. The van der Waals surface area contributed by atoms with Crippen molar-refractivity contribution in [2.45, 2.75) is 13.3 Å². The molecule has 0 fully saturated rings. The highest BCUT2D eigenvalue weighted by Gasteiger charge is 2.09. The largest absolute Gasteiger partial charge is 0.192 e. The predicted octanol–water partition coefficient (Wildman–Crippen LogP) is 2.52. The number of nitriles is 1. The van der Waals surface area contributed by atoms with Crippen LogP contribution in [0.3, 0.4) is 0 Å². The number of rotatable bonds is 0. The molecule has 12 heavy (non-hydrogen) atoms. The fourth-order valence-electron chi connectivity index (χ4n) is 1.59. The fourth-order valence-corrected chi connectivity index (χ4v) is 1.59. The molecule has 0 heterocycles. The third-order valence-corrected chi connectivity index (χ3v) is 2.29. The molecular formula is C11H9N. The molecule has 0 unspecified atom stereocenters. The summed E-state index contributed by atoms with van der Waals surface area (Å²) in [4.78, 5) is 0. The second kappa shape index (κ2) is 2.49. The van der Waals surface area contributed by atoms with Crippen molar-refractivity contribution in [3.8, 4) is 6.07 Å². The Morgan fingerprint density at radius 3 is 3.00 bits per heavy atom. The molecule has 1 heteroatoms. The van der Waals surface area contributed by atoms with E-state index in [1.165, 1.54) is 16.7 Å². The van der Waals surface area contributed by atoms with Crippen LogP contribution in [-0.4, -0.2) is 0 Å². The van der Waals surface area contributed by atoms with Gasteiger partial charge in [-0.1, -0.05) is 12.1 Å². The van der Waals surface area contributed by atoms with Crippen LogP contribution in [0.5, 0.6) is 0 Å². The maximum Gasteiger partial charge on any atom is 0.0991 e. The molecule has 1 aromatic carbocycles. The second-order valence-corrected chi connectivity index (χ2v) is 3.07. The topological polar surface area (TPSA) is 23.8 Å². The lowest BCUT2D eigenvalue weighted by Crippen LogP contribution is -1.84. The summed E-state index contributed by atoms with van der Waals surface area (Å²) >= 11 is 0. The highest BCUT2D eigenvalue weighted by molar-refractivity contribution is 5.72. The third-order valence-electron chi connectivity index (χ3n) is 2.29. The van der Waals surface area contributed by atoms with E-state index < -0.39 is 0 Å². The van der Waals surface area contributed by atoms with E-state index in [1.807, 2.05) is 18.2 Å². The number of hydrogen-bond donors (Lipinski definition) is 0. The van der Waals surface area contributed by atoms with E-state index in [2.05, 4.69) is 19.1 Å². The molecule has 0 atom stereocenters. The maximum absolute atomic E-state index is 8.67. The van der Waals surface area contributed by atoms with Crippen LogP contribution < -0.4 is 0 Å². The molecule has 0 saturated heterocycles. The summed E-state index contributed by atoms with van der Waals surface area (Å²) in [5.41, 5.74) is 4.67. The Bertz CT molecular complexity index is 394. The van der Waals surface area contributed by atoms with Crippen LogP contribution in [0.25, 0.3) is 5.57 Å². The Morgan fingerprint density at radius 2 is 2.25 bits per heavy atom. The summed E-state index contributed by atoms with van der Waals surface area (Å²) in [6.07, 6.45) is 3.18. The predicted molar refractivity (Wildman–Crippen MR) is 48.5 cm³/mol. The van der Waals surface area contributed by atoms with Gasteiger partial charge in [0.1, 0.15) is 0 Å². The Kier molecular flexibility index (Phi) is 1.48. The van der Waals surface area contributed by atoms with Crippen molar-refractivity contribution >= 4 is 5.57 Å². The van der Waals surface area contributed by atoms with E-state index in [0.29, 0.717) is 0 Å². The molecule has 1 aromatic rings. The maximum atomic E-state index is 8.67. The lowest BCUT2D eigenvalue weighted by atomic mass is 10.0. The van der Waals surface area contributed by atoms with E-state index in [0.717, 1.165) is 12.0 Å². The number of hydrogen-bond acceptors (Lipinski definition) is 1. The summed E-state index contributed by atoms with van der Waals surface area (Å²) in [5, 5.41) is 8.67. The second-order valence-electron chi connectivity index (χ2n) is 3.07. The molecule has 0 amide bonds. The molecule has 1 nitrogen and oxygen atoms in total. The molecule has 0 aromatic heterocycles. The average molecular weight is 155 g/mol. The Morgan fingerprint density at radius 1 is 1.42 bits per heavy atom. The van der Waals surface area contributed by atoms with Gasteiger partial charge in [-0.25, -0.2) is 0 Å². The van der Waals surface area contributed by atoms with Crippen LogP contribution in [0.1, 0.15) is 23.6 Å². The molecule has 0 aliphatic heterocycles. The first-order valence-corrected chi connectivity index (χ1v) is 4.01. The van der Waals surface area contributed by atoms with Crippen molar-refractivity contribution in [1.29, 1.82) is 5.26 Å². The minimum Gasteiger partial charge on any atom is -0.192 e. The molecule has 1 aliphatic rings. The summed E-state index contributed by atoms with van der Waals surface area (Å²) in [6, 6.07) is 8.03. The number of allylic oxidation sites excluding steroid dienone is 2. The fraction of sp³-hybridized carbons (Fsp3) is 0.182. The minimum absolute atomic E-state index is 0.761. The summed E-state index contributed by atoms with van der Waals surface area (Å²) in [6.45, 7) is 2.11. The summed E-state index contributed by atoms with van der Waals surface area (Å²) < 4.78 is 0. The number of benzene rings is 1. The molecule has 0 N–H and O–H groups in total. The van der Waals surface area contributed by atoms with Gasteiger partial charge in [0.2, 0.25) is 0 Å². The highest BCUT2D eigenvalue weighted by Crippen LogP contribution is 2.27. The summed E-state index contributed by atoms with van der Waals surface area (Å²) in [5.74, 6) is 0. The molecule has 0 radical (unpaired) electrons. The first kappa shape index (κ1) is 7.12. The Balaban J connectivity index is 2.55. The molecule has 0 bridgehead atoms. The van der Waals surface area contributed by atoms with Crippen LogP contribution >= 0.6 is 0 Å². The first-order valence-electron chi connectivity index (χ1n) is 4.01. The van der Waals surface area contributed by atoms with Gasteiger partial charge in [-0.3, -0.25) is 0 Å². The smallest absolute Gasteiger partial charge is 0.0991 e. The SMILES string of the molecule is CC1=CCc2cc(C#N)ccc21. The third kappa shape index (κ3) is 0.931. The Labute approximate surface area is 72.0 Å². The van der Waals surface area contributed by atoms with Crippen LogP contribution in [-0.2, 0) is 6.42 Å². The average Bonchev–Trinajstić information content (AvgIpc) is 2.47. The van der Waals surface area contributed by atoms with Crippen molar-refractivity contribution in [2.24, 2.45) is 0 Å². The number of fused-ring (bicyclic) bond motifs is 1. The van der Waals surface area contributed by atoms with Gasteiger partial charge in [0.15, 0.2) is 0 Å². The molecule has 2 rings (SSSR count). The van der Waals surface area contributed by atoms with E-state index in [1.54, 1.807) is 0 Å². The van der Waals surface area contributed by atoms with E-state index in [9.17, 15) is 0 Å². The van der Waals surface area contributed by atoms with E-state index >= 15 is 0 Å². The molecule has 0 spiro atoms. The van der Waals surface area contributed by atoms with Crippen molar-refractivity contribution in [2.75, 3.05) is 0 Å². The van der Waals surface area contributed by atoms with Crippen molar-refractivity contribution in [1.82, 2.24) is 0 Å². The van der Waals surface area contributed by atoms with Gasteiger partial charge in [0.05, 0.1) is 11.6 Å². The highest BCUT2D eigenvalue weighted by atomic mass is 14.2. The van der Waals surface area contributed by atoms with Crippen LogP contribution in [0.4, 0.5) is 0 Å². The van der Waals surface area contributed by atoms with Gasteiger partial charge >= 0.3 is 0 Å². The number of nitrogens with zero attached hydrogens (tertiary/aromatic N) is 1. The van der Waals surface area contributed by atoms with Crippen LogP contribution in [0.15, 0.2) is 24.3 Å². The zero-order chi connectivity index (χ0) is 8.55. The van der Waals surface area contributed by atoms with Gasteiger partial charge in [-0.2, -0.15) is 5.26 Å². The van der Waals surface area contributed by atoms with Gasteiger partial charge in [0.25, 0.3) is 0 Å². The normalized spacial score (nSPS) is 13.5. The summed E-state index contributed by atoms with van der Waals surface area (Å²) in [7, 11) is 0. The lowest BCUT2D eigenvalue weighted by Gasteiger charge is -2.00. The minimum atomic E-state index is 0.761. The standard InChI is InChI=1S/C11H9N/c1-8-2-4-10-6-9(7-12)3-5-11(8)10/h2-3,5-6H,4H2,1H3. The van der Waals surface area contributed by atoms with E-state index in [-0.39, 0.29) is 0 Å². The van der Waals surface area contributed by atoms with Crippen molar-refractivity contribution < 1.29 is 0 Å². The van der Waals surface area contributed by atoms with Gasteiger partial charge in [-0.05, 0) is 42.2 Å². The molecule has 58 valence electrons. The quantitative estimate of drug-likeness (QED) is 0.564. The van der Waals surface area contributed by atoms with Crippen molar-refractivity contribution in [3.05, 3.63) is 41.0 Å². The molecular weight excluding hydrogens is 146 g/mol. The lowest BCUT2D eigenvalue weighted by molar-refractivity contribution is 1.30. The van der Waals surface area contributed by atoms with Gasteiger partial charge in [-0.15, -0.1) is 0 Å². The first-order chi connectivity index (χ1) is 5.81. The zero-order valence-electron chi connectivity index (χ0n) is 6.96. The van der Waals surface area contributed by atoms with Gasteiger partial charge in [0, 0.05) is 0 Å². The monoisotopic (exact) mass is 155 g/mol. The van der Waals surface area contributed by atoms with Gasteiger partial charge < -0.3 is 0 Å². The molecule has 0 saturated carbocycles. The van der Waals surface area contributed by atoms with Crippen LogP contribution in [0, 0.1) is 11.3 Å². The molecule has 1 aliphatic carbocycles. The zero-order valence-corrected chi connectivity index (χ0v) is 6.96.